The second-order valence-corrected chi connectivity index (χ2v) is 4.22. The van der Waals surface area contributed by atoms with E-state index in [2.05, 4.69) is 23.4 Å². The van der Waals surface area contributed by atoms with Crippen molar-refractivity contribution in [1.82, 2.24) is 0 Å². The first-order valence-corrected chi connectivity index (χ1v) is 6.06. The van der Waals surface area contributed by atoms with Gasteiger partial charge in [0.2, 0.25) is 5.04 Å². The predicted molar refractivity (Wildman–Crippen MR) is 69.3 cm³/mol. The molecule has 0 N–H and O–H groups in total. The van der Waals surface area contributed by atoms with E-state index in [0.29, 0.717) is 0 Å². The fourth-order valence-electron chi connectivity index (χ4n) is 1.06. The van der Waals surface area contributed by atoms with Crippen LogP contribution in [0, 0.1) is 0 Å². The molecule has 0 spiro atoms. The zero-order chi connectivity index (χ0) is 11.3. The van der Waals surface area contributed by atoms with E-state index in [1.165, 1.54) is 5.56 Å². The molecule has 0 amide bonds. The summed E-state index contributed by atoms with van der Waals surface area (Å²) in [6.45, 7) is 2.01. The number of aliphatic imine (C=N–C) groups is 1. The van der Waals surface area contributed by atoms with Gasteiger partial charge in [-0.05, 0) is 23.4 Å². The van der Waals surface area contributed by atoms with Crippen molar-refractivity contribution < 1.29 is 4.58 Å². The van der Waals surface area contributed by atoms with Crippen LogP contribution in [0.1, 0.15) is 12.5 Å². The maximum atomic E-state index is 4.59. The summed E-state index contributed by atoms with van der Waals surface area (Å²) in [6, 6.07) is 10.2. The van der Waals surface area contributed by atoms with Gasteiger partial charge >= 0.3 is 0 Å². The third-order valence-corrected chi connectivity index (χ3v) is 2.84. The van der Waals surface area contributed by atoms with E-state index in [1.807, 2.05) is 43.8 Å². The van der Waals surface area contributed by atoms with Crippen LogP contribution >= 0.6 is 11.8 Å². The summed E-state index contributed by atoms with van der Waals surface area (Å²) in [4.78, 5) is 4.59. The predicted octanol–water partition coefficient (Wildman–Crippen LogP) is 2.49. The van der Waals surface area contributed by atoms with Gasteiger partial charge in [-0.3, -0.25) is 4.58 Å². The molecule has 3 heteroatoms. The summed E-state index contributed by atoms with van der Waals surface area (Å²) in [7, 11) is 4.00. The number of thioether (sulfide) groups is 1. The smallest absolute Gasteiger partial charge is 0.268 e. The van der Waals surface area contributed by atoms with Crippen molar-refractivity contribution in [3.8, 4) is 0 Å². The minimum atomic E-state index is 1.02. The summed E-state index contributed by atoms with van der Waals surface area (Å²) in [6.07, 6.45) is 2.05. The van der Waals surface area contributed by atoms with Gasteiger partial charge in [-0.25, -0.2) is 0 Å². The van der Waals surface area contributed by atoms with Crippen LogP contribution in [0.5, 0.6) is 0 Å². The highest BCUT2D eigenvalue weighted by atomic mass is 32.2. The SMILES string of the molecule is CSC(=NC(C)=[N+](C)C)c1ccccc1. The van der Waals surface area contributed by atoms with Crippen molar-refractivity contribution in [2.24, 2.45) is 4.99 Å². The van der Waals surface area contributed by atoms with Crippen LogP contribution in [-0.4, -0.2) is 35.8 Å². The van der Waals surface area contributed by atoms with Crippen LogP contribution < -0.4 is 0 Å². The molecule has 0 saturated carbocycles. The Morgan fingerprint density at radius 2 is 1.80 bits per heavy atom. The van der Waals surface area contributed by atoms with Gasteiger partial charge in [0.25, 0.3) is 5.84 Å². The Labute approximate surface area is 95.7 Å². The first-order chi connectivity index (χ1) is 7.15. The van der Waals surface area contributed by atoms with E-state index in [0.717, 1.165) is 10.9 Å². The number of hydrogen-bond acceptors (Lipinski definition) is 1. The number of hydrogen-bond donors (Lipinski definition) is 0. The Kier molecular flexibility index (Phi) is 4.56. The molecule has 0 heterocycles. The molecule has 0 fully saturated rings. The highest BCUT2D eigenvalue weighted by Crippen LogP contribution is 2.10. The van der Waals surface area contributed by atoms with Gasteiger partial charge < -0.3 is 0 Å². The summed E-state index contributed by atoms with van der Waals surface area (Å²) >= 11 is 1.67. The van der Waals surface area contributed by atoms with E-state index in [4.69, 9.17) is 0 Å². The van der Waals surface area contributed by atoms with Crippen molar-refractivity contribution in [2.75, 3.05) is 20.4 Å². The fourth-order valence-corrected chi connectivity index (χ4v) is 1.65. The van der Waals surface area contributed by atoms with Crippen LogP contribution in [0.4, 0.5) is 0 Å². The molecule has 0 atom stereocenters. The van der Waals surface area contributed by atoms with Crippen LogP contribution in [-0.2, 0) is 0 Å². The average Bonchev–Trinajstić information content (AvgIpc) is 2.26. The summed E-state index contributed by atoms with van der Waals surface area (Å²) in [5.41, 5.74) is 1.17. The van der Waals surface area contributed by atoms with Crippen molar-refractivity contribution in [3.63, 3.8) is 0 Å². The summed E-state index contributed by atoms with van der Waals surface area (Å²) < 4.78 is 2.01. The molecule has 80 valence electrons. The largest absolute Gasteiger partial charge is 0.291 e. The number of nitrogens with zero attached hydrogens (tertiary/aromatic N) is 2. The molecule has 1 aromatic rings. The molecule has 0 bridgehead atoms. The van der Waals surface area contributed by atoms with Gasteiger partial charge in [-0.15, -0.1) is 0 Å². The molecule has 1 rings (SSSR count). The lowest BCUT2D eigenvalue weighted by Gasteiger charge is -1.97. The monoisotopic (exact) mass is 221 g/mol. The molecule has 1 aromatic carbocycles. The van der Waals surface area contributed by atoms with Gasteiger partial charge in [0.15, 0.2) is 0 Å². The lowest BCUT2D eigenvalue weighted by molar-refractivity contribution is -0.465. The lowest BCUT2D eigenvalue weighted by atomic mass is 10.2. The highest BCUT2D eigenvalue weighted by molar-refractivity contribution is 8.13. The van der Waals surface area contributed by atoms with Crippen molar-refractivity contribution in [2.45, 2.75) is 6.92 Å². The quantitative estimate of drug-likeness (QED) is 0.404. The van der Waals surface area contributed by atoms with Crippen LogP contribution in [0.15, 0.2) is 35.3 Å². The van der Waals surface area contributed by atoms with Gasteiger partial charge in [0, 0.05) is 12.5 Å². The second-order valence-electron chi connectivity index (χ2n) is 3.43. The maximum absolute atomic E-state index is 4.59. The molecule has 0 aliphatic heterocycles. The van der Waals surface area contributed by atoms with Crippen LogP contribution in [0.25, 0.3) is 0 Å². The summed E-state index contributed by atoms with van der Waals surface area (Å²) in [5, 5.41) is 1.06. The first kappa shape index (κ1) is 12.0. The highest BCUT2D eigenvalue weighted by Gasteiger charge is 2.09. The normalized spacial score (nSPS) is 11.3. The number of benzene rings is 1. The van der Waals surface area contributed by atoms with E-state index < -0.39 is 0 Å². The van der Waals surface area contributed by atoms with Gasteiger partial charge in [0.1, 0.15) is 0 Å². The Morgan fingerprint density at radius 3 is 2.27 bits per heavy atom. The zero-order valence-electron chi connectivity index (χ0n) is 9.69. The fraction of sp³-hybridized carbons (Fsp3) is 0.333. The van der Waals surface area contributed by atoms with E-state index in [9.17, 15) is 0 Å². The minimum Gasteiger partial charge on any atom is -0.268 e. The van der Waals surface area contributed by atoms with Gasteiger partial charge in [-0.1, -0.05) is 30.0 Å². The zero-order valence-corrected chi connectivity index (χ0v) is 10.5. The lowest BCUT2D eigenvalue weighted by Crippen LogP contribution is -2.09. The molecule has 15 heavy (non-hydrogen) atoms. The molecule has 0 radical (unpaired) electrons. The number of rotatable bonds is 1. The Hall–Kier alpha value is -1.09. The molecule has 2 nitrogen and oxygen atoms in total. The van der Waals surface area contributed by atoms with E-state index in [-0.39, 0.29) is 0 Å². The maximum Gasteiger partial charge on any atom is 0.291 e. The molecule has 0 unspecified atom stereocenters. The molecule has 0 aliphatic rings. The number of amidine groups is 1. The van der Waals surface area contributed by atoms with Crippen molar-refractivity contribution in [3.05, 3.63) is 35.9 Å². The van der Waals surface area contributed by atoms with E-state index >= 15 is 0 Å². The molecular weight excluding hydrogens is 204 g/mol. The standard InChI is InChI=1S/C12H17N2S/c1-10(14(2)3)13-12(15-4)11-8-6-5-7-9-11/h5-9H,1-4H3/q+1. The molecule has 0 saturated heterocycles. The average molecular weight is 221 g/mol. The van der Waals surface area contributed by atoms with Crippen LogP contribution in [0.3, 0.4) is 0 Å². The Bertz CT molecular complexity index is 376. The second kappa shape index (κ2) is 5.71. The third-order valence-electron chi connectivity index (χ3n) is 2.12. The molecule has 0 aromatic heterocycles. The first-order valence-electron chi connectivity index (χ1n) is 4.84. The Balaban J connectivity index is 3.05. The van der Waals surface area contributed by atoms with Gasteiger partial charge in [0.05, 0.1) is 14.1 Å². The van der Waals surface area contributed by atoms with E-state index in [1.54, 1.807) is 11.8 Å². The van der Waals surface area contributed by atoms with Crippen LogP contribution in [0.2, 0.25) is 0 Å². The van der Waals surface area contributed by atoms with Crippen molar-refractivity contribution >= 4 is 22.6 Å². The molecular formula is C12H17N2S+. The van der Waals surface area contributed by atoms with Gasteiger partial charge in [-0.2, -0.15) is 0 Å². The minimum absolute atomic E-state index is 1.02. The Morgan fingerprint density at radius 1 is 1.20 bits per heavy atom. The van der Waals surface area contributed by atoms with Crippen molar-refractivity contribution in [1.29, 1.82) is 0 Å². The summed E-state index contributed by atoms with van der Waals surface area (Å²) in [5.74, 6) is 1.02. The third kappa shape index (κ3) is 3.51. The molecule has 0 aliphatic carbocycles. The topological polar surface area (TPSA) is 15.4 Å².